The van der Waals surface area contributed by atoms with Gasteiger partial charge in [-0.05, 0) is 32.8 Å². The van der Waals surface area contributed by atoms with E-state index in [2.05, 4.69) is 18.9 Å². The summed E-state index contributed by atoms with van der Waals surface area (Å²) in [5.41, 5.74) is 7.04. The number of hydrogen-bond donors (Lipinski definition) is 1. The molecule has 0 radical (unpaired) electrons. The first-order valence-electron chi connectivity index (χ1n) is 6.58. The van der Waals surface area contributed by atoms with Crippen LogP contribution >= 0.6 is 0 Å². The molecule has 0 saturated heterocycles. The van der Waals surface area contributed by atoms with E-state index in [9.17, 15) is 0 Å². The minimum Gasteiger partial charge on any atom is -0.370 e. The van der Waals surface area contributed by atoms with Crippen LogP contribution in [0.3, 0.4) is 0 Å². The van der Waals surface area contributed by atoms with Gasteiger partial charge < -0.3 is 10.5 Å². The van der Waals surface area contributed by atoms with Gasteiger partial charge in [0.25, 0.3) is 0 Å². The first-order chi connectivity index (χ1) is 8.16. The van der Waals surface area contributed by atoms with E-state index in [0.717, 1.165) is 18.5 Å². The molecule has 2 atom stereocenters. The summed E-state index contributed by atoms with van der Waals surface area (Å²) in [6.07, 6.45) is 6.87. The monoisotopic (exact) mass is 237 g/mol. The molecule has 0 spiro atoms. The Morgan fingerprint density at radius 2 is 2.24 bits per heavy atom. The molecule has 1 heterocycles. The highest BCUT2D eigenvalue weighted by molar-refractivity contribution is 4.98. The quantitative estimate of drug-likeness (QED) is 0.874. The maximum absolute atomic E-state index is 6.05. The molecule has 4 heteroatoms. The predicted molar refractivity (Wildman–Crippen MR) is 67.6 cm³/mol. The molecule has 96 valence electrons. The first-order valence-corrected chi connectivity index (χ1v) is 6.58. The van der Waals surface area contributed by atoms with E-state index in [1.165, 1.54) is 12.8 Å². The van der Waals surface area contributed by atoms with Crippen molar-refractivity contribution in [3.63, 3.8) is 0 Å². The summed E-state index contributed by atoms with van der Waals surface area (Å²) in [4.78, 5) is 0. The molecule has 1 aromatic rings. The minimum atomic E-state index is 0.205. The molecule has 1 aromatic heterocycles. The molecular weight excluding hydrogens is 214 g/mol. The summed E-state index contributed by atoms with van der Waals surface area (Å²) in [5, 5.41) is 4.47. The van der Waals surface area contributed by atoms with Crippen LogP contribution in [0.2, 0.25) is 0 Å². The van der Waals surface area contributed by atoms with Crippen molar-refractivity contribution < 1.29 is 4.74 Å². The lowest BCUT2D eigenvalue weighted by molar-refractivity contribution is 0.00233. The van der Waals surface area contributed by atoms with Gasteiger partial charge in [-0.1, -0.05) is 12.8 Å². The fourth-order valence-corrected chi connectivity index (χ4v) is 2.27. The second-order valence-corrected chi connectivity index (χ2v) is 5.18. The highest BCUT2D eigenvalue weighted by atomic mass is 16.5. The second kappa shape index (κ2) is 5.65. The van der Waals surface area contributed by atoms with Crippen molar-refractivity contribution >= 4 is 0 Å². The van der Waals surface area contributed by atoms with Gasteiger partial charge in [0.2, 0.25) is 0 Å². The lowest BCUT2D eigenvalue weighted by Gasteiger charge is -2.28. The van der Waals surface area contributed by atoms with E-state index in [1.54, 1.807) is 0 Å². The molecule has 17 heavy (non-hydrogen) atoms. The number of aromatic nitrogens is 2. The van der Waals surface area contributed by atoms with Crippen LogP contribution in [0.4, 0.5) is 0 Å². The summed E-state index contributed by atoms with van der Waals surface area (Å²) >= 11 is 0. The van der Waals surface area contributed by atoms with Crippen molar-refractivity contribution in [1.82, 2.24) is 9.78 Å². The van der Waals surface area contributed by atoms with Gasteiger partial charge in [-0.2, -0.15) is 5.10 Å². The van der Waals surface area contributed by atoms with Gasteiger partial charge in [0.05, 0.1) is 18.4 Å². The molecule has 0 aromatic carbocycles. The summed E-state index contributed by atoms with van der Waals surface area (Å²) in [7, 11) is 0. The zero-order valence-electron chi connectivity index (χ0n) is 10.8. The molecule has 1 aliphatic carbocycles. The zero-order chi connectivity index (χ0) is 12.3. The molecule has 2 rings (SSSR count). The van der Waals surface area contributed by atoms with Crippen LogP contribution in [0.25, 0.3) is 0 Å². The molecular formula is C13H23N3O. The summed E-state index contributed by atoms with van der Waals surface area (Å²) < 4.78 is 7.83. The van der Waals surface area contributed by atoms with Crippen molar-refractivity contribution in [3.05, 3.63) is 18.0 Å². The van der Waals surface area contributed by atoms with Gasteiger partial charge in [0, 0.05) is 18.3 Å². The van der Waals surface area contributed by atoms with Crippen LogP contribution < -0.4 is 5.73 Å². The second-order valence-electron chi connectivity index (χ2n) is 5.18. The van der Waals surface area contributed by atoms with Gasteiger partial charge in [-0.15, -0.1) is 0 Å². The normalized spacial score (nSPS) is 25.4. The van der Waals surface area contributed by atoms with E-state index in [1.807, 2.05) is 16.9 Å². The van der Waals surface area contributed by atoms with E-state index in [-0.39, 0.29) is 12.1 Å². The van der Waals surface area contributed by atoms with Gasteiger partial charge in [-0.25, -0.2) is 0 Å². The van der Waals surface area contributed by atoms with Crippen molar-refractivity contribution in [2.75, 3.05) is 0 Å². The average molecular weight is 237 g/mol. The largest absolute Gasteiger partial charge is 0.370 e. The SMILES string of the molecule is CC(C)n1ccc(COC2CCCCC2N)n1. The van der Waals surface area contributed by atoms with E-state index in [0.29, 0.717) is 12.6 Å². The fourth-order valence-electron chi connectivity index (χ4n) is 2.27. The van der Waals surface area contributed by atoms with Crippen LogP contribution in [0.1, 0.15) is 51.3 Å². The van der Waals surface area contributed by atoms with Crippen molar-refractivity contribution in [2.24, 2.45) is 5.73 Å². The maximum atomic E-state index is 6.05. The van der Waals surface area contributed by atoms with Gasteiger partial charge in [-0.3, -0.25) is 4.68 Å². The Kier molecular flexibility index (Phi) is 4.18. The predicted octanol–water partition coefficient (Wildman–Crippen LogP) is 2.25. The van der Waals surface area contributed by atoms with Gasteiger partial charge in [0.1, 0.15) is 0 Å². The minimum absolute atomic E-state index is 0.205. The molecule has 1 aliphatic rings. The molecule has 0 aliphatic heterocycles. The Hall–Kier alpha value is -0.870. The highest BCUT2D eigenvalue weighted by Crippen LogP contribution is 2.20. The van der Waals surface area contributed by atoms with Gasteiger partial charge >= 0.3 is 0 Å². The third-order valence-corrected chi connectivity index (χ3v) is 3.39. The lowest BCUT2D eigenvalue weighted by Crippen LogP contribution is -2.39. The smallest absolute Gasteiger partial charge is 0.0911 e. The number of rotatable bonds is 4. The van der Waals surface area contributed by atoms with Crippen LogP contribution in [-0.4, -0.2) is 21.9 Å². The Morgan fingerprint density at radius 3 is 2.88 bits per heavy atom. The number of ether oxygens (including phenoxy) is 1. The van der Waals surface area contributed by atoms with Gasteiger partial charge in [0.15, 0.2) is 0 Å². The third-order valence-electron chi connectivity index (χ3n) is 3.39. The van der Waals surface area contributed by atoms with E-state index in [4.69, 9.17) is 10.5 Å². The Balaban J connectivity index is 1.84. The molecule has 0 amide bonds. The first kappa shape index (κ1) is 12.6. The van der Waals surface area contributed by atoms with Crippen LogP contribution in [0.15, 0.2) is 12.3 Å². The van der Waals surface area contributed by atoms with Crippen molar-refractivity contribution in [2.45, 2.75) is 64.3 Å². The summed E-state index contributed by atoms with van der Waals surface area (Å²) in [6.45, 7) is 4.82. The fraction of sp³-hybridized carbons (Fsp3) is 0.769. The maximum Gasteiger partial charge on any atom is 0.0911 e. The van der Waals surface area contributed by atoms with Crippen LogP contribution in [0, 0.1) is 0 Å². The Labute approximate surface area is 103 Å². The molecule has 2 N–H and O–H groups in total. The Bertz CT molecular complexity index is 348. The van der Waals surface area contributed by atoms with E-state index >= 15 is 0 Å². The number of hydrogen-bond acceptors (Lipinski definition) is 3. The average Bonchev–Trinajstić information content (AvgIpc) is 2.77. The summed E-state index contributed by atoms with van der Waals surface area (Å²) in [6, 6.07) is 2.63. The number of nitrogens with two attached hydrogens (primary N) is 1. The lowest BCUT2D eigenvalue weighted by atomic mass is 9.93. The Morgan fingerprint density at radius 1 is 1.47 bits per heavy atom. The van der Waals surface area contributed by atoms with Crippen molar-refractivity contribution in [3.8, 4) is 0 Å². The molecule has 1 saturated carbocycles. The topological polar surface area (TPSA) is 53.1 Å². The number of nitrogens with zero attached hydrogens (tertiary/aromatic N) is 2. The van der Waals surface area contributed by atoms with E-state index < -0.39 is 0 Å². The highest BCUT2D eigenvalue weighted by Gasteiger charge is 2.22. The molecule has 2 unspecified atom stereocenters. The molecule has 4 nitrogen and oxygen atoms in total. The molecule has 1 fully saturated rings. The third kappa shape index (κ3) is 3.30. The summed E-state index contributed by atoms with van der Waals surface area (Å²) in [5.74, 6) is 0. The zero-order valence-corrected chi connectivity index (χ0v) is 10.8. The van der Waals surface area contributed by atoms with Crippen molar-refractivity contribution in [1.29, 1.82) is 0 Å². The molecule has 0 bridgehead atoms. The standard InChI is InChI=1S/C13H23N3O/c1-10(2)16-8-7-11(15-16)9-17-13-6-4-3-5-12(13)14/h7-8,10,12-13H,3-6,9,14H2,1-2H3. The van der Waals surface area contributed by atoms with Crippen LogP contribution in [-0.2, 0) is 11.3 Å². The van der Waals surface area contributed by atoms with Crippen LogP contribution in [0.5, 0.6) is 0 Å².